The number of aliphatic hydroxyl groups is 1. The maximum Gasteiger partial charge on any atom is 0.150 e. The SMILES string of the molecule is N#Cc1ccc(C2CC(NCC3(O)CCS(=O)(=O)CC3)C2)cc1. The van der Waals surface area contributed by atoms with Crippen LogP contribution < -0.4 is 5.32 Å². The van der Waals surface area contributed by atoms with E-state index in [9.17, 15) is 13.5 Å². The van der Waals surface area contributed by atoms with Gasteiger partial charge in [0, 0.05) is 12.6 Å². The number of sulfone groups is 1. The second kappa shape index (κ2) is 6.23. The fourth-order valence-electron chi connectivity index (χ4n) is 3.32. The topological polar surface area (TPSA) is 90.2 Å². The summed E-state index contributed by atoms with van der Waals surface area (Å²) >= 11 is 0. The average Bonchev–Trinajstić information content (AvgIpc) is 2.50. The Hall–Kier alpha value is -1.42. The molecular weight excluding hydrogens is 312 g/mol. The second-order valence-corrected chi connectivity index (χ2v) is 9.16. The number of nitrogens with zero attached hydrogens (tertiary/aromatic N) is 1. The van der Waals surface area contributed by atoms with E-state index in [1.54, 1.807) is 0 Å². The highest BCUT2D eigenvalue weighted by Crippen LogP contribution is 2.37. The molecule has 0 atom stereocenters. The highest BCUT2D eigenvalue weighted by atomic mass is 32.2. The van der Waals surface area contributed by atoms with Crippen molar-refractivity contribution in [3.63, 3.8) is 0 Å². The van der Waals surface area contributed by atoms with E-state index in [-0.39, 0.29) is 11.5 Å². The predicted molar refractivity (Wildman–Crippen MR) is 87.8 cm³/mol. The van der Waals surface area contributed by atoms with Crippen molar-refractivity contribution in [2.24, 2.45) is 0 Å². The van der Waals surface area contributed by atoms with Crippen molar-refractivity contribution in [2.45, 2.75) is 43.2 Å². The van der Waals surface area contributed by atoms with Crippen molar-refractivity contribution >= 4 is 9.84 Å². The first kappa shape index (κ1) is 16.4. The van der Waals surface area contributed by atoms with Gasteiger partial charge in [-0.1, -0.05) is 12.1 Å². The van der Waals surface area contributed by atoms with Crippen LogP contribution in [0.3, 0.4) is 0 Å². The van der Waals surface area contributed by atoms with Gasteiger partial charge < -0.3 is 10.4 Å². The Kier molecular flexibility index (Phi) is 4.45. The first-order valence-electron chi connectivity index (χ1n) is 8.05. The van der Waals surface area contributed by atoms with Crippen LogP contribution in [0.4, 0.5) is 0 Å². The van der Waals surface area contributed by atoms with Crippen molar-refractivity contribution in [1.82, 2.24) is 5.32 Å². The summed E-state index contributed by atoms with van der Waals surface area (Å²) in [5, 5.41) is 22.6. The molecule has 0 radical (unpaired) electrons. The molecule has 124 valence electrons. The molecule has 6 heteroatoms. The molecule has 1 aliphatic heterocycles. The molecule has 1 aliphatic carbocycles. The molecule has 0 spiro atoms. The van der Waals surface area contributed by atoms with Crippen molar-refractivity contribution in [2.75, 3.05) is 18.1 Å². The lowest BCUT2D eigenvalue weighted by molar-refractivity contribution is 0.0242. The Morgan fingerprint density at radius 1 is 1.22 bits per heavy atom. The quantitative estimate of drug-likeness (QED) is 0.867. The largest absolute Gasteiger partial charge is 0.388 e. The van der Waals surface area contributed by atoms with Crippen molar-refractivity contribution < 1.29 is 13.5 Å². The molecule has 1 saturated heterocycles. The number of nitrogens with one attached hydrogen (secondary N) is 1. The molecule has 3 rings (SSSR count). The Morgan fingerprint density at radius 3 is 2.39 bits per heavy atom. The lowest BCUT2D eigenvalue weighted by Crippen LogP contribution is -2.51. The summed E-state index contributed by atoms with van der Waals surface area (Å²) < 4.78 is 22.9. The minimum atomic E-state index is -2.95. The van der Waals surface area contributed by atoms with Gasteiger partial charge in [0.2, 0.25) is 0 Å². The van der Waals surface area contributed by atoms with Crippen LogP contribution in [0.15, 0.2) is 24.3 Å². The molecule has 2 fully saturated rings. The molecule has 0 aromatic heterocycles. The summed E-state index contributed by atoms with van der Waals surface area (Å²) in [5.41, 5.74) is 1.05. The van der Waals surface area contributed by atoms with Gasteiger partial charge in [0.1, 0.15) is 0 Å². The van der Waals surface area contributed by atoms with Crippen LogP contribution in [0.25, 0.3) is 0 Å². The summed E-state index contributed by atoms with van der Waals surface area (Å²) in [5.74, 6) is 0.676. The third kappa shape index (κ3) is 3.92. The van der Waals surface area contributed by atoms with E-state index < -0.39 is 15.4 Å². The first-order chi connectivity index (χ1) is 10.9. The second-order valence-electron chi connectivity index (χ2n) is 6.86. The third-order valence-electron chi connectivity index (χ3n) is 5.13. The maximum atomic E-state index is 11.4. The zero-order chi connectivity index (χ0) is 16.5. The number of rotatable bonds is 4. The third-order valence-corrected chi connectivity index (χ3v) is 6.78. The van der Waals surface area contributed by atoms with E-state index >= 15 is 0 Å². The van der Waals surface area contributed by atoms with E-state index in [0.717, 1.165) is 12.8 Å². The average molecular weight is 334 g/mol. The maximum absolute atomic E-state index is 11.4. The molecule has 1 aromatic carbocycles. The molecule has 0 unspecified atom stereocenters. The summed E-state index contributed by atoms with van der Waals surface area (Å²) in [6.07, 6.45) is 2.68. The van der Waals surface area contributed by atoms with Gasteiger partial charge in [-0.2, -0.15) is 5.26 Å². The van der Waals surface area contributed by atoms with Gasteiger partial charge in [-0.05, 0) is 49.3 Å². The Bertz CT molecular complexity index is 686. The number of hydrogen-bond donors (Lipinski definition) is 2. The van der Waals surface area contributed by atoms with Crippen LogP contribution in [0.2, 0.25) is 0 Å². The Labute approximate surface area is 137 Å². The molecule has 0 amide bonds. The highest BCUT2D eigenvalue weighted by Gasteiger charge is 2.37. The Balaban J connectivity index is 1.44. The molecule has 1 heterocycles. The molecule has 2 aliphatic rings. The van der Waals surface area contributed by atoms with Gasteiger partial charge in [-0.25, -0.2) is 8.42 Å². The molecular formula is C17H22N2O3S. The zero-order valence-corrected chi connectivity index (χ0v) is 13.8. The summed E-state index contributed by atoms with van der Waals surface area (Å²) in [6.45, 7) is 0.466. The van der Waals surface area contributed by atoms with E-state index in [1.165, 1.54) is 5.56 Å². The Morgan fingerprint density at radius 2 is 1.83 bits per heavy atom. The standard InChI is InChI=1S/C17H22N2O3S/c18-11-13-1-3-14(4-2-13)15-9-16(10-15)19-12-17(20)5-7-23(21,22)8-6-17/h1-4,15-16,19-20H,5-10,12H2. The van der Waals surface area contributed by atoms with Crippen LogP contribution in [0.1, 0.15) is 42.7 Å². The van der Waals surface area contributed by atoms with Gasteiger partial charge in [-0.3, -0.25) is 0 Å². The summed E-state index contributed by atoms with van der Waals surface area (Å²) in [7, 11) is -2.95. The number of nitriles is 1. The lowest BCUT2D eigenvalue weighted by atomic mass is 9.75. The van der Waals surface area contributed by atoms with Crippen LogP contribution in [0.5, 0.6) is 0 Å². The first-order valence-corrected chi connectivity index (χ1v) is 9.88. The predicted octanol–water partition coefficient (Wildman–Crippen LogP) is 1.33. The van der Waals surface area contributed by atoms with Gasteiger partial charge >= 0.3 is 0 Å². The highest BCUT2D eigenvalue weighted by molar-refractivity contribution is 7.91. The van der Waals surface area contributed by atoms with E-state index in [2.05, 4.69) is 11.4 Å². The molecule has 23 heavy (non-hydrogen) atoms. The summed E-state index contributed by atoms with van der Waals surface area (Å²) in [4.78, 5) is 0. The van der Waals surface area contributed by atoms with Crippen LogP contribution in [0, 0.1) is 11.3 Å². The molecule has 2 N–H and O–H groups in total. The fraction of sp³-hybridized carbons (Fsp3) is 0.588. The van der Waals surface area contributed by atoms with E-state index in [4.69, 9.17) is 5.26 Å². The van der Waals surface area contributed by atoms with Crippen molar-refractivity contribution in [1.29, 1.82) is 5.26 Å². The van der Waals surface area contributed by atoms with Gasteiger partial charge in [0.15, 0.2) is 9.84 Å². The molecule has 0 bridgehead atoms. The van der Waals surface area contributed by atoms with Gasteiger partial charge in [0.25, 0.3) is 0 Å². The van der Waals surface area contributed by atoms with E-state index in [1.807, 2.05) is 24.3 Å². The van der Waals surface area contributed by atoms with Gasteiger partial charge in [-0.15, -0.1) is 0 Å². The van der Waals surface area contributed by atoms with Gasteiger partial charge in [0.05, 0.1) is 28.7 Å². The lowest BCUT2D eigenvalue weighted by Gasteiger charge is -2.40. The van der Waals surface area contributed by atoms with Crippen molar-refractivity contribution in [3.8, 4) is 6.07 Å². The summed E-state index contributed by atoms with van der Waals surface area (Å²) in [6, 6.07) is 10.2. The minimum absolute atomic E-state index is 0.0870. The van der Waals surface area contributed by atoms with Crippen LogP contribution >= 0.6 is 0 Å². The molecule has 5 nitrogen and oxygen atoms in total. The minimum Gasteiger partial charge on any atom is -0.388 e. The smallest absolute Gasteiger partial charge is 0.150 e. The molecule has 1 aromatic rings. The van der Waals surface area contributed by atoms with Crippen LogP contribution in [-0.2, 0) is 9.84 Å². The van der Waals surface area contributed by atoms with E-state index in [0.29, 0.717) is 36.9 Å². The van der Waals surface area contributed by atoms with Crippen LogP contribution in [-0.4, -0.2) is 43.2 Å². The zero-order valence-electron chi connectivity index (χ0n) is 13.0. The monoisotopic (exact) mass is 334 g/mol. The number of hydrogen-bond acceptors (Lipinski definition) is 5. The normalized spacial score (nSPS) is 28.5. The van der Waals surface area contributed by atoms with Crippen molar-refractivity contribution in [3.05, 3.63) is 35.4 Å². The fourth-order valence-corrected chi connectivity index (χ4v) is 4.90. The molecule has 1 saturated carbocycles. The number of benzene rings is 1.